The molecule has 0 spiro atoms. The molecule has 0 aliphatic carbocycles. The van der Waals surface area contributed by atoms with E-state index in [9.17, 15) is 0 Å². The van der Waals surface area contributed by atoms with Gasteiger partial charge >= 0.3 is 0 Å². The van der Waals surface area contributed by atoms with Crippen LogP contribution in [-0.4, -0.2) is 16.8 Å². The van der Waals surface area contributed by atoms with E-state index in [-0.39, 0.29) is 6.04 Å². The van der Waals surface area contributed by atoms with Crippen LogP contribution in [0.1, 0.15) is 24.2 Å². The summed E-state index contributed by atoms with van der Waals surface area (Å²) in [4.78, 5) is 0. The number of aryl methyl sites for hydroxylation is 1. The average Bonchev–Trinajstić information content (AvgIpc) is 2.89. The van der Waals surface area contributed by atoms with Gasteiger partial charge in [0, 0.05) is 6.54 Å². The highest BCUT2D eigenvalue weighted by Gasteiger charge is 2.20. The molecule has 0 aliphatic heterocycles. The van der Waals surface area contributed by atoms with Crippen LogP contribution in [0.3, 0.4) is 0 Å². The minimum atomic E-state index is 0.187. The predicted molar refractivity (Wildman–Crippen MR) is 83.5 cm³/mol. The Balaban J connectivity index is 2.44. The Morgan fingerprint density at radius 2 is 2.41 bits per heavy atom. The van der Waals surface area contributed by atoms with Crippen LogP contribution in [0.5, 0.6) is 0 Å². The molecule has 0 fully saturated rings. The van der Waals surface area contributed by atoms with Crippen LogP contribution in [0.25, 0.3) is 0 Å². The first-order valence-corrected chi connectivity index (χ1v) is 8.05. The second kappa shape index (κ2) is 5.81. The van der Waals surface area contributed by atoms with Crippen molar-refractivity contribution in [3.63, 3.8) is 0 Å². The van der Waals surface area contributed by atoms with Crippen LogP contribution >= 0.6 is 49.9 Å². The van der Waals surface area contributed by atoms with E-state index >= 15 is 0 Å². The third kappa shape index (κ3) is 2.74. The summed E-state index contributed by atoms with van der Waals surface area (Å²) in [5, 5.41) is 9.93. The maximum atomic E-state index is 4.37. The van der Waals surface area contributed by atoms with E-state index in [4.69, 9.17) is 0 Å². The lowest BCUT2D eigenvalue weighted by Gasteiger charge is -2.17. The molecule has 0 saturated heterocycles. The fraction of sp³-hybridized carbons (Fsp3) is 0.364. The van der Waals surface area contributed by atoms with E-state index in [2.05, 4.69) is 67.3 Å². The molecule has 0 bridgehead atoms. The molecular formula is C11H13BrIN3S. The highest BCUT2D eigenvalue weighted by atomic mass is 127. The lowest BCUT2D eigenvalue weighted by atomic mass is 10.1. The Kier molecular flexibility index (Phi) is 4.62. The highest BCUT2D eigenvalue weighted by molar-refractivity contribution is 14.1. The van der Waals surface area contributed by atoms with Gasteiger partial charge in [0.25, 0.3) is 0 Å². The Bertz CT molecular complexity index is 509. The van der Waals surface area contributed by atoms with Gasteiger partial charge in [-0.15, -0.1) is 11.3 Å². The molecule has 2 aromatic rings. The molecule has 3 nitrogen and oxygen atoms in total. The Morgan fingerprint density at radius 3 is 2.94 bits per heavy atom. The molecule has 1 N–H and O–H groups in total. The number of hydrogen-bond donors (Lipinski definition) is 1. The van der Waals surface area contributed by atoms with Crippen LogP contribution in [0.15, 0.2) is 22.1 Å². The van der Waals surface area contributed by atoms with Gasteiger partial charge in [-0.2, -0.15) is 5.10 Å². The molecule has 92 valence electrons. The first-order chi connectivity index (χ1) is 8.17. The van der Waals surface area contributed by atoms with Crippen molar-refractivity contribution in [2.75, 3.05) is 7.05 Å². The van der Waals surface area contributed by atoms with Crippen molar-refractivity contribution in [1.82, 2.24) is 15.1 Å². The maximum Gasteiger partial charge on any atom is 0.0765 e. The fourth-order valence-corrected chi connectivity index (χ4v) is 3.77. The fourth-order valence-electron chi connectivity index (χ4n) is 1.85. The highest BCUT2D eigenvalue weighted by Crippen LogP contribution is 2.31. The van der Waals surface area contributed by atoms with Crippen molar-refractivity contribution in [3.8, 4) is 0 Å². The summed E-state index contributed by atoms with van der Waals surface area (Å²) in [5.74, 6) is 0. The molecule has 6 heteroatoms. The normalized spacial score (nSPS) is 12.9. The van der Waals surface area contributed by atoms with E-state index in [0.717, 1.165) is 11.0 Å². The first kappa shape index (κ1) is 13.5. The van der Waals surface area contributed by atoms with Gasteiger partial charge in [-0.3, -0.25) is 4.68 Å². The molecule has 1 atom stereocenters. The molecule has 0 aromatic carbocycles. The zero-order chi connectivity index (χ0) is 12.4. The molecule has 2 rings (SSSR count). The molecular weight excluding hydrogens is 413 g/mol. The van der Waals surface area contributed by atoms with Crippen LogP contribution in [0.4, 0.5) is 0 Å². The van der Waals surface area contributed by atoms with Crippen LogP contribution in [0.2, 0.25) is 0 Å². The smallest absolute Gasteiger partial charge is 0.0765 e. The number of aromatic nitrogens is 2. The zero-order valence-electron chi connectivity index (χ0n) is 9.58. The molecule has 2 aromatic heterocycles. The summed E-state index contributed by atoms with van der Waals surface area (Å²) in [6.07, 6.45) is 1.86. The van der Waals surface area contributed by atoms with E-state index in [1.807, 2.05) is 17.9 Å². The topological polar surface area (TPSA) is 29.9 Å². The van der Waals surface area contributed by atoms with Gasteiger partial charge in [0.2, 0.25) is 0 Å². The molecule has 0 aliphatic rings. The molecule has 1 unspecified atom stereocenters. The second-order valence-electron chi connectivity index (χ2n) is 3.60. The van der Waals surface area contributed by atoms with Crippen molar-refractivity contribution in [2.45, 2.75) is 19.5 Å². The molecule has 0 radical (unpaired) electrons. The lowest BCUT2D eigenvalue weighted by molar-refractivity contribution is 0.562. The number of nitrogens with zero attached hydrogens (tertiary/aromatic N) is 2. The van der Waals surface area contributed by atoms with Crippen LogP contribution in [-0.2, 0) is 6.54 Å². The van der Waals surface area contributed by atoms with Crippen molar-refractivity contribution in [3.05, 3.63) is 36.3 Å². The zero-order valence-corrected chi connectivity index (χ0v) is 14.1. The van der Waals surface area contributed by atoms with Gasteiger partial charge in [-0.1, -0.05) is 0 Å². The van der Waals surface area contributed by atoms with Gasteiger partial charge in [0.15, 0.2) is 0 Å². The molecule has 2 heterocycles. The summed E-state index contributed by atoms with van der Waals surface area (Å²) in [5.41, 5.74) is 2.47. The van der Waals surface area contributed by atoms with Gasteiger partial charge < -0.3 is 5.32 Å². The maximum absolute atomic E-state index is 4.37. The first-order valence-electron chi connectivity index (χ1n) is 5.29. The number of rotatable bonds is 4. The minimum Gasteiger partial charge on any atom is -0.308 e. The molecule has 0 saturated carbocycles. The Hall–Kier alpha value is 0.0800. The summed E-state index contributed by atoms with van der Waals surface area (Å²) < 4.78 is 4.38. The minimum absolute atomic E-state index is 0.187. The summed E-state index contributed by atoms with van der Waals surface area (Å²) in [6.45, 7) is 2.98. The van der Waals surface area contributed by atoms with Gasteiger partial charge in [-0.25, -0.2) is 0 Å². The van der Waals surface area contributed by atoms with Crippen molar-refractivity contribution in [1.29, 1.82) is 0 Å². The number of nitrogens with one attached hydrogen (secondary N) is 1. The van der Waals surface area contributed by atoms with E-state index in [0.29, 0.717) is 0 Å². The standard InChI is InChI=1S/C11H13BrIN3S/c1-3-16-11(8(12)5-15-16)10(14-2)7-4-9(13)17-6-7/h4-6,10,14H,3H2,1-2H3. The van der Waals surface area contributed by atoms with Gasteiger partial charge in [0.05, 0.1) is 25.3 Å². The average molecular weight is 426 g/mol. The third-order valence-electron chi connectivity index (χ3n) is 2.62. The van der Waals surface area contributed by atoms with Crippen LogP contribution in [0, 0.1) is 2.88 Å². The van der Waals surface area contributed by atoms with Gasteiger partial charge in [0.1, 0.15) is 0 Å². The van der Waals surface area contributed by atoms with Gasteiger partial charge in [-0.05, 0) is 69.5 Å². The monoisotopic (exact) mass is 425 g/mol. The predicted octanol–water partition coefficient (Wildman–Crippen LogP) is 3.64. The second-order valence-corrected chi connectivity index (χ2v) is 7.26. The van der Waals surface area contributed by atoms with E-state index < -0.39 is 0 Å². The molecule has 17 heavy (non-hydrogen) atoms. The number of halogens is 2. The number of thiophene rings is 1. The quantitative estimate of drug-likeness (QED) is 0.758. The van der Waals surface area contributed by atoms with E-state index in [1.54, 1.807) is 11.3 Å². The molecule has 0 amide bonds. The largest absolute Gasteiger partial charge is 0.308 e. The SMILES string of the molecule is CCn1ncc(Br)c1C(NC)c1csc(I)c1. The van der Waals surface area contributed by atoms with Crippen molar-refractivity contribution in [2.24, 2.45) is 0 Å². The third-order valence-corrected chi connectivity index (χ3v) is 5.03. The Morgan fingerprint density at radius 1 is 1.65 bits per heavy atom. The summed E-state index contributed by atoms with van der Waals surface area (Å²) >= 11 is 7.70. The Labute approximate surface area is 127 Å². The van der Waals surface area contributed by atoms with E-state index in [1.165, 1.54) is 14.1 Å². The van der Waals surface area contributed by atoms with Crippen molar-refractivity contribution >= 4 is 49.9 Å². The van der Waals surface area contributed by atoms with Crippen LogP contribution < -0.4 is 5.32 Å². The summed E-state index contributed by atoms with van der Waals surface area (Å²) in [7, 11) is 1.98. The number of hydrogen-bond acceptors (Lipinski definition) is 3. The van der Waals surface area contributed by atoms with Crippen molar-refractivity contribution < 1.29 is 0 Å². The summed E-state index contributed by atoms with van der Waals surface area (Å²) in [6, 6.07) is 2.40. The lowest BCUT2D eigenvalue weighted by Crippen LogP contribution is -2.21.